The molecule has 3 fully saturated rings. The first-order valence-electron chi connectivity index (χ1n) is 17.9. The van der Waals surface area contributed by atoms with E-state index in [9.17, 15) is 22.8 Å². The van der Waals surface area contributed by atoms with Gasteiger partial charge in [-0.2, -0.15) is 13.2 Å². The number of halogens is 3. The number of benzene rings is 1. The third kappa shape index (κ3) is 7.73. The molecule has 2 unspecified atom stereocenters. The van der Waals surface area contributed by atoms with Gasteiger partial charge in [0.1, 0.15) is 11.6 Å². The van der Waals surface area contributed by atoms with E-state index in [0.717, 1.165) is 75.0 Å². The zero-order valence-corrected chi connectivity index (χ0v) is 28.4. The molecule has 5 heteroatoms. The van der Waals surface area contributed by atoms with E-state index in [0.29, 0.717) is 54.5 Å². The quantitative estimate of drug-likeness (QED) is 0.302. The van der Waals surface area contributed by atoms with Crippen molar-refractivity contribution in [3.8, 4) is 0 Å². The third-order valence-electron chi connectivity index (χ3n) is 12.2. The summed E-state index contributed by atoms with van der Waals surface area (Å²) < 4.78 is 39.9. The zero-order chi connectivity index (χ0) is 33.1. The Morgan fingerprint density at radius 1 is 0.957 bits per heavy atom. The fraction of sp³-hybridized carbons (Fsp3) is 0.634. The average molecular weight is 635 g/mol. The molecule has 0 aliphatic heterocycles. The van der Waals surface area contributed by atoms with Crippen LogP contribution < -0.4 is 0 Å². The number of alkyl halides is 3. The second kappa shape index (κ2) is 14.2. The van der Waals surface area contributed by atoms with Crippen LogP contribution in [0.15, 0.2) is 64.9 Å². The predicted octanol–water partition coefficient (Wildman–Crippen LogP) is 11.2. The van der Waals surface area contributed by atoms with E-state index in [1.54, 1.807) is 6.08 Å². The molecule has 0 spiro atoms. The van der Waals surface area contributed by atoms with Crippen molar-refractivity contribution in [3.63, 3.8) is 0 Å². The van der Waals surface area contributed by atoms with Gasteiger partial charge in [-0.3, -0.25) is 9.59 Å². The van der Waals surface area contributed by atoms with Gasteiger partial charge in [0.25, 0.3) is 0 Å². The van der Waals surface area contributed by atoms with Gasteiger partial charge in [-0.25, -0.2) is 0 Å². The zero-order valence-electron chi connectivity index (χ0n) is 28.4. The fourth-order valence-corrected chi connectivity index (χ4v) is 9.14. The van der Waals surface area contributed by atoms with E-state index >= 15 is 0 Å². The number of aryl methyl sites for hydroxylation is 1. The highest BCUT2D eigenvalue weighted by molar-refractivity contribution is 5.91. The number of rotatable bonds is 5. The van der Waals surface area contributed by atoms with Crippen LogP contribution in [0.25, 0.3) is 0 Å². The van der Waals surface area contributed by atoms with Gasteiger partial charge in [-0.05, 0) is 130 Å². The van der Waals surface area contributed by atoms with Crippen LogP contribution >= 0.6 is 0 Å². The molecule has 6 rings (SSSR count). The molecule has 3 saturated carbocycles. The molecule has 2 nitrogen and oxygen atoms in total. The Morgan fingerprint density at radius 3 is 2.35 bits per heavy atom. The molecule has 46 heavy (non-hydrogen) atoms. The molecule has 0 aromatic heterocycles. The van der Waals surface area contributed by atoms with Crippen LogP contribution in [0.5, 0.6) is 0 Å². The standard InChI is InChI=1S/C26H33F3O.C15H20O/c1-3-18-15-21-8-4-5-12-25(21,17-18)23(30)24(2)13-10-19-7-6-9-22(26(27,28)29)16-20(19)11-14-24;1-11-3-6-13(7-4-11)9-14-8-5-12(2)15(16)10-14/h7,9,16,18,21H,3-5,8,10-15,17H2,1-2H3;3-4,6-7,12,14H,5,8-10H2,1-2H3/t18-,21-,24?,25-;12-,14?/m10/s1. The van der Waals surface area contributed by atoms with E-state index in [1.165, 1.54) is 36.5 Å². The van der Waals surface area contributed by atoms with Gasteiger partial charge < -0.3 is 0 Å². The summed E-state index contributed by atoms with van der Waals surface area (Å²) in [4.78, 5) is 25.8. The van der Waals surface area contributed by atoms with E-state index < -0.39 is 17.2 Å². The maximum absolute atomic E-state index is 14.1. The van der Waals surface area contributed by atoms with E-state index in [-0.39, 0.29) is 5.41 Å². The van der Waals surface area contributed by atoms with Crippen molar-refractivity contribution in [1.82, 2.24) is 0 Å². The SMILES string of the molecule is CC[C@@H]1C[C@H]2CCCC[C@@]2(C(=O)C2(C)CCC3=C(C=C(C(F)(F)F)C=C=C3)CC2)C1.Cc1ccc(CC2CC[C@H](C)C(=O)C2)cc1. The minimum atomic E-state index is -4.37. The Bertz CT molecular complexity index is 1410. The summed E-state index contributed by atoms with van der Waals surface area (Å²) in [6, 6.07) is 8.70. The van der Waals surface area contributed by atoms with Crippen LogP contribution in [0.3, 0.4) is 0 Å². The van der Waals surface area contributed by atoms with Crippen LogP contribution in [0, 0.1) is 41.4 Å². The van der Waals surface area contributed by atoms with E-state index in [4.69, 9.17) is 0 Å². The summed E-state index contributed by atoms with van der Waals surface area (Å²) in [5, 5.41) is 0. The molecular weight excluding hydrogens is 581 g/mol. The summed E-state index contributed by atoms with van der Waals surface area (Å²) in [7, 11) is 0. The molecule has 0 saturated heterocycles. The van der Waals surface area contributed by atoms with Crippen LogP contribution in [-0.4, -0.2) is 17.7 Å². The second-order valence-electron chi connectivity index (χ2n) is 15.5. The molecule has 0 radical (unpaired) electrons. The van der Waals surface area contributed by atoms with Gasteiger partial charge in [0.15, 0.2) is 0 Å². The molecule has 0 bridgehead atoms. The third-order valence-corrected chi connectivity index (χ3v) is 12.2. The first-order chi connectivity index (χ1) is 21.8. The van der Waals surface area contributed by atoms with Gasteiger partial charge in [-0.15, -0.1) is 5.73 Å². The molecule has 1 aromatic rings. The minimum Gasteiger partial charge on any atom is -0.299 e. The lowest BCUT2D eigenvalue weighted by Crippen LogP contribution is -2.46. The van der Waals surface area contributed by atoms with Gasteiger partial charge in [-0.1, -0.05) is 69.9 Å². The number of carbonyl (C=O) groups is 2. The lowest BCUT2D eigenvalue weighted by Gasteiger charge is -2.44. The van der Waals surface area contributed by atoms with Crippen molar-refractivity contribution in [2.75, 3.05) is 0 Å². The number of ketones is 2. The normalized spacial score (nSPS) is 32.8. The predicted molar refractivity (Wildman–Crippen MR) is 179 cm³/mol. The van der Waals surface area contributed by atoms with Crippen LogP contribution in [0.2, 0.25) is 0 Å². The summed E-state index contributed by atoms with van der Waals surface area (Å²) in [5.41, 5.74) is 5.76. The van der Waals surface area contributed by atoms with Crippen LogP contribution in [0.4, 0.5) is 13.2 Å². The Balaban J connectivity index is 0.000000219. The summed E-state index contributed by atoms with van der Waals surface area (Å²) in [5.74, 6) is 2.91. The average Bonchev–Trinajstić information content (AvgIpc) is 3.18. The lowest BCUT2D eigenvalue weighted by atomic mass is 9.58. The smallest absolute Gasteiger partial charge is 0.299 e. The van der Waals surface area contributed by atoms with Gasteiger partial charge in [0.2, 0.25) is 0 Å². The summed E-state index contributed by atoms with van der Waals surface area (Å²) in [6.07, 6.45) is 14.2. The van der Waals surface area contributed by atoms with Crippen LogP contribution in [-0.2, 0) is 16.0 Å². The Hall–Kier alpha value is -2.65. The second-order valence-corrected chi connectivity index (χ2v) is 15.5. The van der Waals surface area contributed by atoms with Gasteiger partial charge in [0, 0.05) is 23.2 Å². The van der Waals surface area contributed by atoms with Crippen molar-refractivity contribution in [3.05, 3.63) is 76.1 Å². The first-order valence-corrected chi connectivity index (χ1v) is 17.9. The number of allylic oxidation sites excluding steroid dienone is 5. The molecular formula is C41H53F3O2. The molecule has 0 heterocycles. The van der Waals surface area contributed by atoms with E-state index in [2.05, 4.69) is 57.7 Å². The maximum Gasteiger partial charge on any atom is 0.417 e. The minimum absolute atomic E-state index is 0.182. The number of hydrogen-bond donors (Lipinski definition) is 0. The highest BCUT2D eigenvalue weighted by Crippen LogP contribution is 2.59. The van der Waals surface area contributed by atoms with Gasteiger partial charge >= 0.3 is 6.18 Å². The highest BCUT2D eigenvalue weighted by Gasteiger charge is 2.56. The monoisotopic (exact) mass is 634 g/mol. The van der Waals surface area contributed by atoms with E-state index in [1.807, 2.05) is 0 Å². The molecule has 5 aliphatic rings. The van der Waals surface area contributed by atoms with Crippen molar-refractivity contribution in [2.24, 2.45) is 34.5 Å². The molecule has 5 aliphatic carbocycles. The molecule has 6 atom stereocenters. The largest absolute Gasteiger partial charge is 0.417 e. The maximum atomic E-state index is 14.1. The van der Waals surface area contributed by atoms with Crippen molar-refractivity contribution in [2.45, 2.75) is 130 Å². The van der Waals surface area contributed by atoms with Crippen molar-refractivity contribution >= 4 is 11.6 Å². The highest BCUT2D eigenvalue weighted by atomic mass is 19.4. The van der Waals surface area contributed by atoms with Crippen LogP contribution in [0.1, 0.15) is 122 Å². The molecule has 250 valence electrons. The number of carbonyl (C=O) groups excluding carboxylic acids is 2. The number of fused-ring (bicyclic) bond motifs is 1. The molecule has 0 N–H and O–H groups in total. The molecule has 0 amide bonds. The Labute approximate surface area is 274 Å². The number of Topliss-reactive ketones (excluding diaryl/α,β-unsaturated/α-hetero) is 2. The topological polar surface area (TPSA) is 34.1 Å². The van der Waals surface area contributed by atoms with Crippen molar-refractivity contribution in [1.29, 1.82) is 0 Å². The fourth-order valence-electron chi connectivity index (χ4n) is 9.14. The summed E-state index contributed by atoms with van der Waals surface area (Å²) >= 11 is 0. The lowest BCUT2D eigenvalue weighted by molar-refractivity contribution is -0.143. The van der Waals surface area contributed by atoms with Gasteiger partial charge in [0.05, 0.1) is 5.57 Å². The first kappa shape index (κ1) is 34.7. The van der Waals surface area contributed by atoms with Crippen molar-refractivity contribution < 1.29 is 22.8 Å². The molecule has 1 aromatic carbocycles. The summed E-state index contributed by atoms with van der Waals surface area (Å²) in [6.45, 7) is 8.49. The Kier molecular flexibility index (Phi) is 10.7. The Morgan fingerprint density at radius 2 is 1.67 bits per heavy atom. The number of hydrogen-bond acceptors (Lipinski definition) is 2.